The Balaban J connectivity index is 1.60. The van der Waals surface area contributed by atoms with Crippen LogP contribution in [0, 0.1) is 0 Å². The zero-order valence-corrected chi connectivity index (χ0v) is 20.0. The van der Waals surface area contributed by atoms with Crippen LogP contribution in [-0.2, 0) is 32.0 Å². The van der Waals surface area contributed by atoms with Crippen LogP contribution in [0.2, 0.25) is 0 Å². The lowest BCUT2D eigenvalue weighted by Crippen LogP contribution is -2.33. The van der Waals surface area contributed by atoms with Gasteiger partial charge in [-0.15, -0.1) is 11.6 Å². The Morgan fingerprint density at radius 3 is 2.66 bits per heavy atom. The molecule has 196 valence electrons. The number of nitrogens with zero attached hydrogens (tertiary/aromatic N) is 3. The molecule has 2 aromatic heterocycles. The molecule has 8 N–H and O–H groups in total. The highest BCUT2D eigenvalue weighted by atomic mass is 35.5. The van der Waals surface area contributed by atoms with Crippen molar-refractivity contribution in [2.24, 2.45) is 0 Å². The van der Waals surface area contributed by atoms with E-state index < -0.39 is 64.9 Å². The van der Waals surface area contributed by atoms with Gasteiger partial charge in [0, 0.05) is 6.54 Å². The minimum Gasteiger partial charge on any atom is -0.387 e. The van der Waals surface area contributed by atoms with E-state index in [2.05, 4.69) is 33.6 Å². The Kier molecular flexibility index (Phi) is 8.67. The first-order chi connectivity index (χ1) is 16.3. The molecule has 1 amide bonds. The highest BCUT2D eigenvalue weighted by Crippen LogP contribution is 2.60. The standard InChI is InChI=1S/C14H21ClN6O12P2/c15-3-7(22)17-1-2-30-34(26,27)33-35(28,29)31-4-6-9(23)10(24)13(32-6)21-5-18-8-11(21)19-14(16)20-12(8)25/h5-6,9-10,13,23-24H,1-4H2,(H,17,22)(H,26,27)(H,28,29)(H3,16,19,20,25)/t6?,9?,10-,13-/m1/s1. The Morgan fingerprint density at radius 1 is 1.29 bits per heavy atom. The van der Waals surface area contributed by atoms with Gasteiger partial charge >= 0.3 is 15.6 Å². The van der Waals surface area contributed by atoms with Crippen molar-refractivity contribution < 1.29 is 52.0 Å². The molecule has 0 saturated carbocycles. The maximum absolute atomic E-state index is 12.1. The molecular weight excluding hydrogens is 542 g/mol. The first-order valence-electron chi connectivity index (χ1n) is 9.56. The third kappa shape index (κ3) is 6.84. The molecular formula is C14H21ClN6O12P2. The number of carbonyl (C=O) groups excluding carboxylic acids is 1. The van der Waals surface area contributed by atoms with E-state index in [0.29, 0.717) is 0 Å². The van der Waals surface area contributed by atoms with E-state index in [1.807, 2.05) is 0 Å². The van der Waals surface area contributed by atoms with E-state index in [1.165, 1.54) is 0 Å². The van der Waals surface area contributed by atoms with Crippen LogP contribution in [0.3, 0.4) is 0 Å². The fraction of sp³-hybridized carbons (Fsp3) is 0.571. The van der Waals surface area contributed by atoms with Crippen LogP contribution < -0.4 is 16.6 Å². The van der Waals surface area contributed by atoms with Crippen molar-refractivity contribution in [3.8, 4) is 0 Å². The summed E-state index contributed by atoms with van der Waals surface area (Å²) >= 11 is 5.25. The molecule has 3 rings (SSSR count). The van der Waals surface area contributed by atoms with Crippen molar-refractivity contribution >= 4 is 50.3 Å². The number of alkyl halides is 1. The number of aliphatic hydroxyl groups is 2. The number of hydrogen-bond donors (Lipinski definition) is 7. The molecule has 1 aliphatic rings. The second-order valence-corrected chi connectivity index (χ2v) is 10.3. The van der Waals surface area contributed by atoms with Gasteiger partial charge in [-0.05, 0) is 0 Å². The largest absolute Gasteiger partial charge is 0.481 e. The maximum atomic E-state index is 12.1. The zero-order valence-electron chi connectivity index (χ0n) is 17.5. The molecule has 18 nitrogen and oxygen atoms in total. The second kappa shape index (κ2) is 11.0. The molecule has 2 aromatic rings. The number of nitrogens with one attached hydrogen (secondary N) is 2. The maximum Gasteiger partial charge on any atom is 0.481 e. The van der Waals surface area contributed by atoms with Crippen molar-refractivity contribution in [3.63, 3.8) is 0 Å². The summed E-state index contributed by atoms with van der Waals surface area (Å²) in [7, 11) is -10.3. The minimum absolute atomic E-state index is 0.0687. The number of aromatic nitrogens is 4. The van der Waals surface area contributed by atoms with Gasteiger partial charge in [-0.25, -0.2) is 14.1 Å². The van der Waals surface area contributed by atoms with Crippen molar-refractivity contribution in [3.05, 3.63) is 16.7 Å². The minimum atomic E-state index is -5.23. The smallest absolute Gasteiger partial charge is 0.387 e. The van der Waals surface area contributed by atoms with Crippen LogP contribution in [0.15, 0.2) is 11.1 Å². The number of nitrogen functional groups attached to an aromatic ring is 1. The van der Waals surface area contributed by atoms with Gasteiger partial charge in [0.2, 0.25) is 11.9 Å². The molecule has 0 aliphatic carbocycles. The summed E-state index contributed by atoms with van der Waals surface area (Å²) in [4.78, 5) is 52.2. The molecule has 21 heteroatoms. The van der Waals surface area contributed by atoms with Gasteiger partial charge in [-0.2, -0.15) is 9.29 Å². The summed E-state index contributed by atoms with van der Waals surface area (Å²) in [6.45, 7) is -1.68. The third-order valence-corrected chi connectivity index (χ3v) is 7.35. The van der Waals surface area contributed by atoms with E-state index in [0.717, 1.165) is 10.9 Å². The average molecular weight is 563 g/mol. The number of aliphatic hydroxyl groups excluding tert-OH is 2. The number of phosphoric ester groups is 2. The number of aromatic amines is 1. The molecule has 6 atom stereocenters. The zero-order chi connectivity index (χ0) is 26.0. The number of imidazole rings is 1. The number of rotatable bonds is 11. The molecule has 0 radical (unpaired) electrons. The predicted octanol–water partition coefficient (Wildman–Crippen LogP) is -2.07. The number of ether oxygens (including phenoxy) is 1. The summed E-state index contributed by atoms with van der Waals surface area (Å²) in [5.41, 5.74) is 4.66. The summed E-state index contributed by atoms with van der Waals surface area (Å²) in [5.74, 6) is -1.17. The van der Waals surface area contributed by atoms with E-state index >= 15 is 0 Å². The number of nitrogens with two attached hydrogens (primary N) is 1. The first-order valence-corrected chi connectivity index (χ1v) is 13.1. The summed E-state index contributed by atoms with van der Waals surface area (Å²) in [6.07, 6.45) is -4.98. The average Bonchev–Trinajstić information content (AvgIpc) is 3.30. The number of fused-ring (bicyclic) bond motifs is 1. The van der Waals surface area contributed by atoms with E-state index in [1.54, 1.807) is 0 Å². The van der Waals surface area contributed by atoms with E-state index in [4.69, 9.17) is 22.1 Å². The topological polar surface area (TPSA) is 271 Å². The number of amides is 1. The number of H-pyrrole nitrogens is 1. The van der Waals surface area contributed by atoms with Gasteiger partial charge in [0.1, 0.15) is 24.2 Å². The first kappa shape index (κ1) is 27.6. The Morgan fingerprint density at radius 2 is 1.97 bits per heavy atom. The molecule has 1 aliphatic heterocycles. The third-order valence-electron chi connectivity index (χ3n) is 4.47. The van der Waals surface area contributed by atoms with Gasteiger partial charge in [0.25, 0.3) is 5.56 Å². The fourth-order valence-electron chi connectivity index (χ4n) is 2.97. The lowest BCUT2D eigenvalue weighted by Gasteiger charge is -2.19. The second-order valence-electron chi connectivity index (χ2n) is 6.95. The molecule has 0 spiro atoms. The number of anilines is 1. The molecule has 3 heterocycles. The lowest BCUT2D eigenvalue weighted by atomic mass is 10.1. The molecule has 0 bridgehead atoms. The normalized spacial score (nSPS) is 25.9. The predicted molar refractivity (Wildman–Crippen MR) is 115 cm³/mol. The van der Waals surface area contributed by atoms with Crippen LogP contribution in [0.25, 0.3) is 11.2 Å². The van der Waals surface area contributed by atoms with Crippen molar-refractivity contribution in [2.45, 2.75) is 24.5 Å². The fourth-order valence-corrected chi connectivity index (χ4v) is 5.14. The SMILES string of the molecule is Nc1nc2c(ncn2[C@@H]2OC(COP(=O)(O)OP(=O)(O)OCCNC(=O)CCl)C(O)[C@H]2O)c(=O)[nH]1. The van der Waals surface area contributed by atoms with Crippen LogP contribution in [0.5, 0.6) is 0 Å². The van der Waals surface area contributed by atoms with Crippen LogP contribution in [0.1, 0.15) is 6.23 Å². The van der Waals surface area contributed by atoms with E-state index in [-0.39, 0.29) is 29.5 Å². The molecule has 1 fully saturated rings. The molecule has 4 unspecified atom stereocenters. The number of phosphoric acid groups is 2. The quantitative estimate of drug-likeness (QED) is 0.0879. The van der Waals surface area contributed by atoms with Gasteiger partial charge in [-0.1, -0.05) is 0 Å². The molecule has 0 aromatic carbocycles. The summed E-state index contributed by atoms with van der Waals surface area (Å²) in [5, 5.41) is 22.8. The van der Waals surface area contributed by atoms with Gasteiger partial charge in [0.15, 0.2) is 17.4 Å². The molecule has 1 saturated heterocycles. The summed E-state index contributed by atoms with van der Waals surface area (Å²) < 4.78 is 43.6. The Hall–Kier alpha value is -1.95. The van der Waals surface area contributed by atoms with Crippen LogP contribution in [0.4, 0.5) is 5.95 Å². The number of hydrogen-bond acceptors (Lipinski definition) is 13. The van der Waals surface area contributed by atoms with Gasteiger partial charge in [0.05, 0.1) is 19.5 Å². The highest BCUT2D eigenvalue weighted by Gasteiger charge is 2.46. The van der Waals surface area contributed by atoms with E-state index in [9.17, 15) is 38.7 Å². The lowest BCUT2D eigenvalue weighted by molar-refractivity contribution is -0.118. The van der Waals surface area contributed by atoms with Gasteiger partial charge in [-0.3, -0.25) is 28.2 Å². The monoisotopic (exact) mass is 562 g/mol. The van der Waals surface area contributed by atoms with Crippen LogP contribution in [-0.4, -0.2) is 89.4 Å². The molecule has 35 heavy (non-hydrogen) atoms. The number of halogens is 1. The number of carbonyl (C=O) groups is 1. The summed E-state index contributed by atoms with van der Waals surface area (Å²) in [6, 6.07) is 0. The van der Waals surface area contributed by atoms with Crippen molar-refractivity contribution in [1.29, 1.82) is 0 Å². The Labute approximate surface area is 200 Å². The Bertz CT molecular complexity index is 1220. The highest BCUT2D eigenvalue weighted by molar-refractivity contribution is 7.61. The van der Waals surface area contributed by atoms with Gasteiger partial charge < -0.3 is 35.8 Å². The van der Waals surface area contributed by atoms with Crippen molar-refractivity contribution in [1.82, 2.24) is 24.8 Å². The van der Waals surface area contributed by atoms with Crippen molar-refractivity contribution in [2.75, 3.05) is 31.4 Å². The van der Waals surface area contributed by atoms with Crippen LogP contribution >= 0.6 is 27.2 Å².